The van der Waals surface area contributed by atoms with Crippen molar-refractivity contribution in [3.05, 3.63) is 18.1 Å². The number of alkyl halides is 3. The molecule has 0 amide bonds. The Kier molecular flexibility index (Phi) is 6.19. The van der Waals surface area contributed by atoms with Crippen LogP contribution in [0.3, 0.4) is 0 Å². The van der Waals surface area contributed by atoms with Gasteiger partial charge in [-0.15, -0.1) is 0 Å². The third-order valence-electron chi connectivity index (χ3n) is 3.20. The predicted molar refractivity (Wildman–Crippen MR) is 66.2 cm³/mol. The molecule has 0 bridgehead atoms. The quantitative estimate of drug-likeness (QED) is 0.598. The lowest BCUT2D eigenvalue weighted by atomic mass is 9.96. The lowest BCUT2D eigenvalue weighted by Gasteiger charge is -2.14. The van der Waals surface area contributed by atoms with Gasteiger partial charge in [-0.3, -0.25) is 0 Å². The van der Waals surface area contributed by atoms with E-state index in [1.807, 2.05) is 0 Å². The van der Waals surface area contributed by atoms with E-state index < -0.39 is 12.8 Å². The van der Waals surface area contributed by atoms with Crippen molar-refractivity contribution in [2.75, 3.05) is 6.61 Å². The maximum Gasteiger partial charge on any atom is 0.411 e. The lowest BCUT2D eigenvalue weighted by Crippen LogP contribution is -2.21. The lowest BCUT2D eigenvalue weighted by molar-refractivity contribution is -0.184. The SMILES string of the molecule is C=C(CCCC)C[C]1CCC(OCC(F)(F)F)C1. The van der Waals surface area contributed by atoms with Crippen LogP contribution in [0.25, 0.3) is 0 Å². The fraction of sp³-hybridized carbons (Fsp3) is 0.786. The zero-order valence-electron chi connectivity index (χ0n) is 11.0. The first-order valence-electron chi connectivity index (χ1n) is 6.59. The first-order valence-corrected chi connectivity index (χ1v) is 6.59. The molecule has 0 heterocycles. The van der Waals surface area contributed by atoms with Crippen molar-refractivity contribution in [3.8, 4) is 0 Å². The third-order valence-corrected chi connectivity index (χ3v) is 3.20. The second kappa shape index (κ2) is 7.17. The summed E-state index contributed by atoms with van der Waals surface area (Å²) in [5.41, 5.74) is 1.20. The molecule has 0 N–H and O–H groups in total. The Morgan fingerprint density at radius 3 is 2.78 bits per heavy atom. The normalized spacial score (nSPS) is 21.4. The smallest absolute Gasteiger partial charge is 0.369 e. The van der Waals surface area contributed by atoms with Gasteiger partial charge in [-0.25, -0.2) is 0 Å². The minimum Gasteiger partial charge on any atom is -0.369 e. The van der Waals surface area contributed by atoms with Crippen LogP contribution in [0.4, 0.5) is 13.2 Å². The van der Waals surface area contributed by atoms with Gasteiger partial charge in [0.15, 0.2) is 0 Å². The summed E-state index contributed by atoms with van der Waals surface area (Å²) in [5.74, 6) is 1.29. The molecule has 1 saturated carbocycles. The standard InChI is InChI=1S/C14H22F3O/c1-3-4-5-11(2)8-12-6-7-13(9-12)18-10-14(15,16)17/h13H,2-10H2,1H3. The molecule has 0 spiro atoms. The zero-order valence-corrected chi connectivity index (χ0v) is 11.0. The van der Waals surface area contributed by atoms with Crippen LogP contribution in [0.15, 0.2) is 12.2 Å². The Balaban J connectivity index is 2.18. The van der Waals surface area contributed by atoms with Gasteiger partial charge in [0, 0.05) is 0 Å². The van der Waals surface area contributed by atoms with Crippen LogP contribution in [0.2, 0.25) is 0 Å². The summed E-state index contributed by atoms with van der Waals surface area (Å²) >= 11 is 0. The first-order chi connectivity index (χ1) is 8.40. The molecule has 1 radical (unpaired) electrons. The van der Waals surface area contributed by atoms with E-state index in [1.165, 1.54) is 11.5 Å². The van der Waals surface area contributed by atoms with E-state index in [0.717, 1.165) is 32.1 Å². The van der Waals surface area contributed by atoms with E-state index >= 15 is 0 Å². The van der Waals surface area contributed by atoms with Crippen LogP contribution in [0.1, 0.15) is 51.9 Å². The Hall–Kier alpha value is -0.510. The number of hydrogen-bond acceptors (Lipinski definition) is 1. The summed E-state index contributed by atoms with van der Waals surface area (Å²) in [6.45, 7) is 5.04. The van der Waals surface area contributed by atoms with Crippen LogP contribution >= 0.6 is 0 Å². The zero-order chi connectivity index (χ0) is 13.6. The van der Waals surface area contributed by atoms with Gasteiger partial charge in [-0.05, 0) is 44.4 Å². The third kappa shape index (κ3) is 6.43. The fourth-order valence-corrected chi connectivity index (χ4v) is 2.28. The highest BCUT2D eigenvalue weighted by Crippen LogP contribution is 2.35. The van der Waals surface area contributed by atoms with Crippen molar-refractivity contribution in [2.45, 2.75) is 64.1 Å². The highest BCUT2D eigenvalue weighted by Gasteiger charge is 2.32. The Morgan fingerprint density at radius 2 is 2.17 bits per heavy atom. The van der Waals surface area contributed by atoms with Crippen molar-refractivity contribution in [3.63, 3.8) is 0 Å². The molecule has 1 atom stereocenters. The summed E-state index contributed by atoms with van der Waals surface area (Å²) in [7, 11) is 0. The van der Waals surface area contributed by atoms with Gasteiger partial charge in [-0.2, -0.15) is 13.2 Å². The topological polar surface area (TPSA) is 9.23 Å². The van der Waals surface area contributed by atoms with Crippen LogP contribution in [-0.2, 0) is 4.74 Å². The molecule has 1 aliphatic carbocycles. The molecule has 0 aromatic rings. The molecule has 0 aromatic heterocycles. The van der Waals surface area contributed by atoms with Crippen LogP contribution in [0, 0.1) is 5.92 Å². The Bertz CT molecular complexity index is 260. The molecule has 1 rings (SSSR count). The van der Waals surface area contributed by atoms with Gasteiger partial charge in [-0.1, -0.05) is 25.5 Å². The highest BCUT2D eigenvalue weighted by atomic mass is 19.4. The molecular weight excluding hydrogens is 241 g/mol. The molecule has 0 aliphatic heterocycles. The van der Waals surface area contributed by atoms with Crippen molar-refractivity contribution in [1.29, 1.82) is 0 Å². The maximum atomic E-state index is 12.0. The largest absolute Gasteiger partial charge is 0.411 e. The second-order valence-corrected chi connectivity index (χ2v) is 5.07. The van der Waals surface area contributed by atoms with Gasteiger partial charge in [0.2, 0.25) is 0 Å². The van der Waals surface area contributed by atoms with E-state index in [-0.39, 0.29) is 6.10 Å². The summed E-state index contributed by atoms with van der Waals surface area (Å²) in [4.78, 5) is 0. The van der Waals surface area contributed by atoms with Gasteiger partial charge in [0.25, 0.3) is 0 Å². The van der Waals surface area contributed by atoms with E-state index in [2.05, 4.69) is 13.5 Å². The first kappa shape index (κ1) is 15.5. The molecule has 0 saturated heterocycles. The molecule has 1 unspecified atom stereocenters. The minimum absolute atomic E-state index is 0.249. The summed E-state index contributed by atoms with van der Waals surface area (Å²) in [6, 6.07) is 0. The van der Waals surface area contributed by atoms with Crippen LogP contribution < -0.4 is 0 Å². The van der Waals surface area contributed by atoms with Crippen molar-refractivity contribution >= 4 is 0 Å². The van der Waals surface area contributed by atoms with E-state index in [1.54, 1.807) is 0 Å². The second-order valence-electron chi connectivity index (χ2n) is 5.07. The molecule has 1 aliphatic rings. The van der Waals surface area contributed by atoms with E-state index in [9.17, 15) is 13.2 Å². The number of hydrogen-bond donors (Lipinski definition) is 0. The summed E-state index contributed by atoms with van der Waals surface area (Å²) in [5, 5.41) is 0. The van der Waals surface area contributed by atoms with E-state index in [0.29, 0.717) is 12.8 Å². The average Bonchev–Trinajstić information content (AvgIpc) is 2.70. The Labute approximate surface area is 107 Å². The van der Waals surface area contributed by atoms with Gasteiger partial charge in [0.05, 0.1) is 6.10 Å². The monoisotopic (exact) mass is 263 g/mol. The van der Waals surface area contributed by atoms with Crippen molar-refractivity contribution < 1.29 is 17.9 Å². The number of rotatable bonds is 7. The van der Waals surface area contributed by atoms with Gasteiger partial charge >= 0.3 is 6.18 Å². The molecule has 18 heavy (non-hydrogen) atoms. The molecule has 1 nitrogen and oxygen atoms in total. The number of unbranched alkanes of at least 4 members (excludes halogenated alkanes) is 1. The van der Waals surface area contributed by atoms with Crippen LogP contribution in [0.5, 0.6) is 0 Å². The molecular formula is C14H22F3O. The summed E-state index contributed by atoms with van der Waals surface area (Å²) < 4.78 is 40.9. The summed E-state index contributed by atoms with van der Waals surface area (Å²) in [6.07, 6.45) is 1.97. The average molecular weight is 263 g/mol. The number of ether oxygens (including phenoxy) is 1. The predicted octanol–water partition coefficient (Wildman–Crippen LogP) is 4.83. The van der Waals surface area contributed by atoms with Gasteiger partial charge < -0.3 is 4.74 Å². The van der Waals surface area contributed by atoms with Gasteiger partial charge in [0.1, 0.15) is 6.61 Å². The minimum atomic E-state index is -4.21. The number of allylic oxidation sites excluding steroid dienone is 1. The molecule has 0 aromatic carbocycles. The molecule has 4 heteroatoms. The van der Waals surface area contributed by atoms with Crippen molar-refractivity contribution in [1.82, 2.24) is 0 Å². The molecule has 105 valence electrons. The van der Waals surface area contributed by atoms with E-state index in [4.69, 9.17) is 4.74 Å². The fourth-order valence-electron chi connectivity index (χ4n) is 2.28. The van der Waals surface area contributed by atoms with Crippen LogP contribution in [-0.4, -0.2) is 18.9 Å². The molecule has 1 fully saturated rings. The number of halogens is 3. The maximum absolute atomic E-state index is 12.0. The van der Waals surface area contributed by atoms with Crippen molar-refractivity contribution in [2.24, 2.45) is 0 Å². The highest BCUT2D eigenvalue weighted by molar-refractivity contribution is 5.10. The Morgan fingerprint density at radius 1 is 1.44 bits per heavy atom.